The Morgan fingerprint density at radius 3 is 2.36 bits per heavy atom. The van der Waals surface area contributed by atoms with Crippen molar-refractivity contribution >= 4 is 34.0 Å². The van der Waals surface area contributed by atoms with Crippen molar-refractivity contribution in [2.24, 2.45) is 0 Å². The molecule has 0 saturated carbocycles. The lowest BCUT2D eigenvalue weighted by atomic mass is 10.2. The van der Waals surface area contributed by atoms with E-state index in [-0.39, 0.29) is 5.78 Å². The minimum Gasteiger partial charge on any atom is -0.287 e. The van der Waals surface area contributed by atoms with Gasteiger partial charge in [0.05, 0.1) is 0 Å². The van der Waals surface area contributed by atoms with Crippen LogP contribution in [-0.2, 0) is 0 Å². The molecule has 0 atom stereocenters. The summed E-state index contributed by atoms with van der Waals surface area (Å²) in [4.78, 5) is 11.7. The Morgan fingerprint density at radius 1 is 1.29 bits per heavy atom. The quantitative estimate of drug-likeness (QED) is 0.579. The molecule has 0 radical (unpaired) electrons. The average molecular weight is 224 g/mol. The van der Waals surface area contributed by atoms with E-state index in [9.17, 15) is 4.79 Å². The van der Waals surface area contributed by atoms with Crippen molar-refractivity contribution in [3.05, 3.63) is 35.9 Å². The molecule has 0 saturated heterocycles. The number of thiocarbonyl (C=S) groups is 1. The van der Waals surface area contributed by atoms with Crippen LogP contribution in [0.15, 0.2) is 30.3 Å². The fourth-order valence-electron chi connectivity index (χ4n) is 0.975. The second-order valence-corrected chi connectivity index (χ2v) is 5.40. The first-order valence-electron chi connectivity index (χ1n) is 4.41. The van der Waals surface area contributed by atoms with E-state index in [2.05, 4.69) is 0 Å². The Balaban J connectivity index is 2.72. The van der Waals surface area contributed by atoms with Gasteiger partial charge >= 0.3 is 0 Å². The molecule has 1 aromatic carbocycles. The second kappa shape index (κ2) is 5.27. The van der Waals surface area contributed by atoms with Crippen LogP contribution in [0, 0.1) is 0 Å². The maximum Gasteiger partial charge on any atom is 0.210 e. The number of hydrogen-bond donors (Lipinski definition) is 0. The van der Waals surface area contributed by atoms with E-state index in [1.54, 1.807) is 12.1 Å². The van der Waals surface area contributed by atoms with Crippen LogP contribution in [-0.4, -0.2) is 15.2 Å². The molecular formula is C11H12OS2. The molecule has 0 bridgehead atoms. The molecule has 0 unspecified atom stereocenters. The number of Topliss-reactive ketones (excluding diaryl/α,β-unsaturated/α-hetero) is 1. The van der Waals surface area contributed by atoms with Gasteiger partial charge in [0.15, 0.2) is 0 Å². The molecule has 0 aliphatic heterocycles. The maximum atomic E-state index is 11.7. The minimum atomic E-state index is -0.0423. The van der Waals surface area contributed by atoms with Crippen molar-refractivity contribution in [3.63, 3.8) is 0 Å². The largest absolute Gasteiger partial charge is 0.287 e. The molecule has 0 amide bonds. The van der Waals surface area contributed by atoms with E-state index in [4.69, 9.17) is 12.2 Å². The monoisotopic (exact) mass is 224 g/mol. The third kappa shape index (κ3) is 3.24. The van der Waals surface area contributed by atoms with Crippen molar-refractivity contribution in [1.82, 2.24) is 0 Å². The van der Waals surface area contributed by atoms with Crippen LogP contribution in [0.25, 0.3) is 0 Å². The molecule has 1 nitrogen and oxygen atoms in total. The van der Waals surface area contributed by atoms with Crippen LogP contribution in [0.1, 0.15) is 24.2 Å². The summed E-state index contributed by atoms with van der Waals surface area (Å²) in [5.41, 5.74) is 0.672. The third-order valence-corrected chi connectivity index (χ3v) is 2.91. The van der Waals surface area contributed by atoms with Gasteiger partial charge in [-0.15, -0.1) is 11.8 Å². The molecule has 1 aromatic rings. The first-order valence-corrected chi connectivity index (χ1v) is 5.70. The van der Waals surface area contributed by atoms with Crippen molar-refractivity contribution in [1.29, 1.82) is 0 Å². The standard InChI is InChI=1S/C11H12OS2/c1-8(2)14-11(13)10(12)9-6-4-3-5-7-9/h3-8H,1-2H3. The average Bonchev–Trinajstić information content (AvgIpc) is 2.17. The summed E-state index contributed by atoms with van der Waals surface area (Å²) in [6, 6.07) is 9.15. The molecule has 0 spiro atoms. The Morgan fingerprint density at radius 2 is 1.86 bits per heavy atom. The normalized spacial score (nSPS) is 10.2. The Labute approximate surface area is 93.9 Å². The van der Waals surface area contributed by atoms with Crippen LogP contribution < -0.4 is 0 Å². The van der Waals surface area contributed by atoms with Gasteiger partial charge in [0.1, 0.15) is 4.20 Å². The Bertz CT molecular complexity index is 330. The smallest absolute Gasteiger partial charge is 0.210 e. The predicted octanol–water partition coefficient (Wildman–Crippen LogP) is 3.34. The van der Waals surface area contributed by atoms with Gasteiger partial charge in [0.2, 0.25) is 5.78 Å². The summed E-state index contributed by atoms with van der Waals surface area (Å²) in [7, 11) is 0. The molecule has 1 rings (SSSR count). The summed E-state index contributed by atoms with van der Waals surface area (Å²) in [5, 5.41) is 0.357. The van der Waals surface area contributed by atoms with Crippen LogP contribution in [0.3, 0.4) is 0 Å². The van der Waals surface area contributed by atoms with Crippen molar-refractivity contribution in [2.45, 2.75) is 19.1 Å². The van der Waals surface area contributed by atoms with Crippen LogP contribution in [0.4, 0.5) is 0 Å². The molecule has 0 N–H and O–H groups in total. The number of benzene rings is 1. The summed E-state index contributed by atoms with van der Waals surface area (Å²) >= 11 is 6.49. The van der Waals surface area contributed by atoms with E-state index in [1.165, 1.54) is 11.8 Å². The second-order valence-electron chi connectivity index (χ2n) is 3.15. The van der Waals surface area contributed by atoms with E-state index in [1.807, 2.05) is 32.0 Å². The first kappa shape index (κ1) is 11.4. The molecule has 0 heterocycles. The van der Waals surface area contributed by atoms with Crippen molar-refractivity contribution < 1.29 is 4.79 Å². The lowest BCUT2D eigenvalue weighted by Gasteiger charge is -2.04. The number of thioether (sulfide) groups is 1. The highest BCUT2D eigenvalue weighted by atomic mass is 32.2. The van der Waals surface area contributed by atoms with Gasteiger partial charge in [-0.25, -0.2) is 0 Å². The van der Waals surface area contributed by atoms with Gasteiger partial charge in [-0.05, 0) is 0 Å². The molecular weight excluding hydrogens is 212 g/mol. The number of ketones is 1. The summed E-state index contributed by atoms with van der Waals surface area (Å²) in [6.07, 6.45) is 0. The fraction of sp³-hybridized carbons (Fsp3) is 0.273. The predicted molar refractivity (Wildman–Crippen MR) is 66.1 cm³/mol. The van der Waals surface area contributed by atoms with E-state index >= 15 is 0 Å². The zero-order valence-corrected chi connectivity index (χ0v) is 9.82. The van der Waals surface area contributed by atoms with Crippen LogP contribution in [0.2, 0.25) is 0 Å². The minimum absolute atomic E-state index is 0.0423. The molecule has 3 heteroatoms. The Kier molecular flexibility index (Phi) is 4.29. The van der Waals surface area contributed by atoms with Gasteiger partial charge in [-0.3, -0.25) is 4.79 Å². The zero-order valence-electron chi connectivity index (χ0n) is 8.19. The van der Waals surface area contributed by atoms with E-state index in [0.29, 0.717) is 15.0 Å². The summed E-state index contributed by atoms with van der Waals surface area (Å²) < 4.78 is 0.450. The van der Waals surface area contributed by atoms with Gasteiger partial charge in [-0.2, -0.15) is 0 Å². The van der Waals surface area contributed by atoms with Crippen molar-refractivity contribution in [2.75, 3.05) is 0 Å². The van der Waals surface area contributed by atoms with E-state index in [0.717, 1.165) is 0 Å². The summed E-state index contributed by atoms with van der Waals surface area (Å²) in [6.45, 7) is 4.05. The van der Waals surface area contributed by atoms with Crippen molar-refractivity contribution in [3.8, 4) is 0 Å². The van der Waals surface area contributed by atoms with Gasteiger partial charge in [0, 0.05) is 10.8 Å². The molecule has 0 fully saturated rings. The van der Waals surface area contributed by atoms with Crippen LogP contribution >= 0.6 is 24.0 Å². The first-order chi connectivity index (χ1) is 6.61. The number of carbonyl (C=O) groups excluding carboxylic acids is 1. The number of carbonyl (C=O) groups is 1. The molecule has 0 aliphatic carbocycles. The van der Waals surface area contributed by atoms with Gasteiger partial charge < -0.3 is 0 Å². The highest BCUT2D eigenvalue weighted by molar-refractivity contribution is 8.25. The van der Waals surface area contributed by atoms with Gasteiger partial charge in [-0.1, -0.05) is 56.4 Å². The molecule has 0 aliphatic rings. The lowest BCUT2D eigenvalue weighted by molar-refractivity contribution is 0.107. The highest BCUT2D eigenvalue weighted by Gasteiger charge is 2.13. The molecule has 14 heavy (non-hydrogen) atoms. The summed E-state index contributed by atoms with van der Waals surface area (Å²) in [5.74, 6) is -0.0423. The molecule has 0 aromatic heterocycles. The maximum absolute atomic E-state index is 11.7. The number of hydrogen-bond acceptors (Lipinski definition) is 3. The fourth-order valence-corrected chi connectivity index (χ4v) is 2.32. The van der Waals surface area contributed by atoms with E-state index < -0.39 is 0 Å². The van der Waals surface area contributed by atoms with Crippen LogP contribution in [0.5, 0.6) is 0 Å². The number of rotatable bonds is 3. The highest BCUT2D eigenvalue weighted by Crippen LogP contribution is 2.16. The topological polar surface area (TPSA) is 17.1 Å². The third-order valence-electron chi connectivity index (χ3n) is 1.56. The lowest BCUT2D eigenvalue weighted by Crippen LogP contribution is -2.10. The van der Waals surface area contributed by atoms with Gasteiger partial charge in [0.25, 0.3) is 0 Å². The Hall–Kier alpha value is -0.670. The SMILES string of the molecule is CC(C)SC(=S)C(=O)c1ccccc1. The zero-order chi connectivity index (χ0) is 10.6. The molecule has 74 valence electrons.